The summed E-state index contributed by atoms with van der Waals surface area (Å²) >= 11 is 2.08. The van der Waals surface area contributed by atoms with E-state index >= 15 is 0 Å². The first-order chi connectivity index (χ1) is 13.9. The van der Waals surface area contributed by atoms with Gasteiger partial charge in [0.2, 0.25) is 0 Å². The molecule has 0 spiro atoms. The Morgan fingerprint density at radius 2 is 2.03 bits per heavy atom. The fourth-order valence-electron chi connectivity index (χ4n) is 2.59. The van der Waals surface area contributed by atoms with Crippen LogP contribution >= 0.6 is 22.6 Å². The highest BCUT2D eigenvalue weighted by Crippen LogP contribution is 2.25. The number of hydrogen-bond acceptors (Lipinski definition) is 5. The van der Waals surface area contributed by atoms with E-state index in [0.29, 0.717) is 16.9 Å². The molecule has 0 bridgehead atoms. The summed E-state index contributed by atoms with van der Waals surface area (Å²) < 4.78 is 24.2. The van der Waals surface area contributed by atoms with E-state index in [1.165, 1.54) is 25.3 Å². The molecule has 1 aliphatic heterocycles. The predicted octanol–water partition coefficient (Wildman–Crippen LogP) is 3.08. The number of methoxy groups -OCH3 is 1. The van der Waals surface area contributed by atoms with Crippen LogP contribution in [0.5, 0.6) is 5.75 Å². The van der Waals surface area contributed by atoms with Crippen molar-refractivity contribution in [3.63, 3.8) is 0 Å². The third-order valence-electron chi connectivity index (χ3n) is 4.03. The maximum Gasteiger partial charge on any atom is 0.329 e. The van der Waals surface area contributed by atoms with Crippen molar-refractivity contribution in [2.45, 2.75) is 6.61 Å². The number of carbonyl (C=O) groups is 3. The van der Waals surface area contributed by atoms with Crippen LogP contribution in [0.1, 0.15) is 11.1 Å². The van der Waals surface area contributed by atoms with Crippen molar-refractivity contribution in [3.05, 3.63) is 68.7 Å². The number of nitrogens with zero attached hydrogens (tertiary/aromatic N) is 1. The molecule has 0 aliphatic carbocycles. The number of rotatable bonds is 6. The molecule has 1 saturated heterocycles. The first-order valence-electron chi connectivity index (χ1n) is 8.45. The van der Waals surface area contributed by atoms with Crippen LogP contribution in [-0.2, 0) is 20.9 Å². The van der Waals surface area contributed by atoms with Gasteiger partial charge in [-0.25, -0.2) is 14.1 Å². The van der Waals surface area contributed by atoms with Crippen LogP contribution in [0.15, 0.2) is 48.2 Å². The minimum Gasteiger partial charge on any atom is -0.488 e. The average molecular weight is 510 g/mol. The molecule has 2 aromatic carbocycles. The summed E-state index contributed by atoms with van der Waals surface area (Å²) in [6.45, 7) is -0.242. The molecule has 1 N–H and O–H groups in total. The maximum absolute atomic E-state index is 13.2. The molecule has 150 valence electrons. The third kappa shape index (κ3) is 5.11. The van der Waals surface area contributed by atoms with E-state index in [0.717, 1.165) is 8.47 Å². The number of esters is 1. The molecule has 0 atom stereocenters. The van der Waals surface area contributed by atoms with E-state index < -0.39 is 24.5 Å². The van der Waals surface area contributed by atoms with Gasteiger partial charge in [0.05, 0.1) is 10.7 Å². The van der Waals surface area contributed by atoms with Crippen LogP contribution in [-0.4, -0.2) is 36.5 Å². The van der Waals surface area contributed by atoms with Gasteiger partial charge < -0.3 is 14.8 Å². The van der Waals surface area contributed by atoms with Crippen LogP contribution in [0, 0.1) is 9.39 Å². The van der Waals surface area contributed by atoms with Gasteiger partial charge in [0.25, 0.3) is 5.91 Å². The summed E-state index contributed by atoms with van der Waals surface area (Å²) in [4.78, 5) is 36.3. The molecule has 0 aromatic heterocycles. The second-order valence-electron chi connectivity index (χ2n) is 6.06. The molecule has 1 aliphatic rings. The van der Waals surface area contributed by atoms with Crippen LogP contribution in [0.25, 0.3) is 6.08 Å². The number of nitrogens with one attached hydrogen (secondary N) is 1. The molecule has 7 nitrogen and oxygen atoms in total. The summed E-state index contributed by atoms with van der Waals surface area (Å²) in [6, 6.07) is 10.7. The molecule has 1 heterocycles. The number of halogens is 2. The van der Waals surface area contributed by atoms with Crippen molar-refractivity contribution in [1.82, 2.24) is 10.2 Å². The fourth-order valence-corrected chi connectivity index (χ4v) is 3.28. The number of amides is 3. The Hall–Kier alpha value is -2.95. The highest BCUT2D eigenvalue weighted by Gasteiger charge is 2.35. The van der Waals surface area contributed by atoms with E-state index in [4.69, 9.17) is 4.74 Å². The molecular weight excluding hydrogens is 494 g/mol. The summed E-state index contributed by atoms with van der Waals surface area (Å²) in [7, 11) is 1.18. The summed E-state index contributed by atoms with van der Waals surface area (Å²) in [5.41, 5.74) is 1.43. The summed E-state index contributed by atoms with van der Waals surface area (Å²) in [5.74, 6) is -1.02. The Labute approximate surface area is 179 Å². The Morgan fingerprint density at radius 1 is 1.24 bits per heavy atom. The largest absolute Gasteiger partial charge is 0.488 e. The number of urea groups is 1. The van der Waals surface area contributed by atoms with Gasteiger partial charge in [-0.1, -0.05) is 18.2 Å². The average Bonchev–Trinajstić information content (AvgIpc) is 2.94. The first-order valence-corrected chi connectivity index (χ1v) is 9.53. The summed E-state index contributed by atoms with van der Waals surface area (Å²) in [5, 5.41) is 2.44. The predicted molar refractivity (Wildman–Crippen MR) is 110 cm³/mol. The zero-order valence-electron chi connectivity index (χ0n) is 15.3. The zero-order chi connectivity index (χ0) is 21.0. The standard InChI is InChI=1S/C20H16FIN2O5/c1-28-18(25)10-24-19(26)16(23-20(24)27)9-12-5-6-17(15(22)8-12)29-11-13-3-2-4-14(21)7-13/h2-9H,10-11H2,1H3,(H,23,27)/b16-9+. The Morgan fingerprint density at radius 3 is 2.72 bits per heavy atom. The van der Waals surface area contributed by atoms with Gasteiger partial charge in [-0.15, -0.1) is 0 Å². The Kier molecular flexibility index (Phi) is 6.47. The Bertz CT molecular complexity index is 1010. The van der Waals surface area contributed by atoms with Crippen molar-refractivity contribution in [3.8, 4) is 5.75 Å². The van der Waals surface area contributed by atoms with Gasteiger partial charge in [0.15, 0.2) is 0 Å². The number of imide groups is 1. The molecule has 0 radical (unpaired) electrons. The molecule has 3 amide bonds. The lowest BCUT2D eigenvalue weighted by Crippen LogP contribution is -2.36. The van der Waals surface area contributed by atoms with Crippen LogP contribution < -0.4 is 10.1 Å². The monoisotopic (exact) mass is 510 g/mol. The van der Waals surface area contributed by atoms with Gasteiger partial charge in [-0.3, -0.25) is 9.59 Å². The summed E-state index contributed by atoms with van der Waals surface area (Å²) in [6.07, 6.45) is 1.51. The lowest BCUT2D eigenvalue weighted by Gasteiger charge is -2.10. The number of ether oxygens (including phenoxy) is 2. The number of benzene rings is 2. The zero-order valence-corrected chi connectivity index (χ0v) is 17.4. The number of carbonyl (C=O) groups excluding carboxylic acids is 3. The van der Waals surface area contributed by atoms with Crippen molar-refractivity contribution < 1.29 is 28.2 Å². The van der Waals surface area contributed by atoms with E-state index in [1.807, 2.05) is 0 Å². The minimum absolute atomic E-state index is 0.0585. The van der Waals surface area contributed by atoms with E-state index in [1.54, 1.807) is 30.3 Å². The molecule has 29 heavy (non-hydrogen) atoms. The molecule has 3 rings (SSSR count). The fraction of sp³-hybridized carbons (Fsp3) is 0.150. The molecular formula is C20H16FIN2O5. The minimum atomic E-state index is -0.691. The van der Waals surface area contributed by atoms with Gasteiger partial charge in [-0.05, 0) is 64.1 Å². The second kappa shape index (κ2) is 9.03. The van der Waals surface area contributed by atoms with Gasteiger partial charge >= 0.3 is 12.0 Å². The first kappa shape index (κ1) is 20.8. The Balaban J connectivity index is 1.70. The van der Waals surface area contributed by atoms with Crippen LogP contribution in [0.4, 0.5) is 9.18 Å². The molecule has 2 aromatic rings. The topological polar surface area (TPSA) is 84.9 Å². The highest BCUT2D eigenvalue weighted by atomic mass is 127. The van der Waals surface area contributed by atoms with Crippen LogP contribution in [0.3, 0.4) is 0 Å². The maximum atomic E-state index is 13.2. The highest BCUT2D eigenvalue weighted by molar-refractivity contribution is 14.1. The van der Waals surface area contributed by atoms with Crippen molar-refractivity contribution in [2.75, 3.05) is 13.7 Å². The van der Waals surface area contributed by atoms with E-state index in [-0.39, 0.29) is 18.1 Å². The smallest absolute Gasteiger partial charge is 0.329 e. The molecule has 0 unspecified atom stereocenters. The lowest BCUT2D eigenvalue weighted by molar-refractivity contribution is -0.143. The third-order valence-corrected chi connectivity index (χ3v) is 4.87. The van der Waals surface area contributed by atoms with Crippen molar-refractivity contribution in [2.24, 2.45) is 0 Å². The molecule has 0 saturated carbocycles. The van der Waals surface area contributed by atoms with Crippen molar-refractivity contribution in [1.29, 1.82) is 0 Å². The second-order valence-corrected chi connectivity index (χ2v) is 7.23. The number of hydrogen-bond donors (Lipinski definition) is 1. The van der Waals surface area contributed by atoms with E-state index in [9.17, 15) is 18.8 Å². The van der Waals surface area contributed by atoms with Gasteiger partial charge in [0.1, 0.15) is 30.4 Å². The van der Waals surface area contributed by atoms with Gasteiger partial charge in [0, 0.05) is 0 Å². The van der Waals surface area contributed by atoms with Gasteiger partial charge in [-0.2, -0.15) is 0 Å². The molecule has 9 heteroatoms. The quantitative estimate of drug-likeness (QED) is 0.280. The normalized spacial score (nSPS) is 14.9. The molecule has 1 fully saturated rings. The SMILES string of the molecule is COC(=O)CN1C(=O)N/C(=C/c2ccc(OCc3cccc(F)c3)c(I)c2)C1=O. The lowest BCUT2D eigenvalue weighted by atomic mass is 10.2. The van der Waals surface area contributed by atoms with Crippen LogP contribution in [0.2, 0.25) is 0 Å². The van der Waals surface area contributed by atoms with E-state index in [2.05, 4.69) is 32.6 Å². The van der Waals surface area contributed by atoms with Crippen molar-refractivity contribution >= 4 is 46.6 Å².